The van der Waals surface area contributed by atoms with Crippen molar-refractivity contribution in [2.24, 2.45) is 0 Å². The van der Waals surface area contributed by atoms with E-state index in [9.17, 15) is 5.11 Å². The van der Waals surface area contributed by atoms with Crippen molar-refractivity contribution in [3.05, 3.63) is 53.3 Å². The smallest absolute Gasteiger partial charge is 0.138 e. The quantitative estimate of drug-likeness (QED) is 0.793. The lowest BCUT2D eigenvalue weighted by Crippen LogP contribution is -2.17. The van der Waals surface area contributed by atoms with Crippen LogP contribution >= 0.6 is 0 Å². The number of rotatable bonds is 6. The van der Waals surface area contributed by atoms with Crippen LogP contribution in [0, 0.1) is 6.92 Å². The summed E-state index contributed by atoms with van der Waals surface area (Å²) in [7, 11) is 1.67. The van der Waals surface area contributed by atoms with Crippen molar-refractivity contribution >= 4 is 0 Å². The highest BCUT2D eigenvalue weighted by Crippen LogP contribution is 2.15. The Labute approximate surface area is 119 Å². The fourth-order valence-electron chi connectivity index (χ4n) is 2.00. The molecule has 0 amide bonds. The van der Waals surface area contributed by atoms with Crippen LogP contribution in [0.4, 0.5) is 0 Å². The third-order valence-electron chi connectivity index (χ3n) is 3.11. The van der Waals surface area contributed by atoms with Crippen LogP contribution in [-0.4, -0.2) is 23.7 Å². The van der Waals surface area contributed by atoms with E-state index in [1.807, 2.05) is 25.1 Å². The molecule has 106 valence electrons. The summed E-state index contributed by atoms with van der Waals surface area (Å²) in [5.41, 5.74) is 2.82. The lowest BCUT2D eigenvalue weighted by molar-refractivity contribution is 0.414. The molecule has 0 aliphatic heterocycles. The number of aromatic hydroxyl groups is 1. The van der Waals surface area contributed by atoms with Crippen molar-refractivity contribution in [3.63, 3.8) is 0 Å². The third-order valence-corrected chi connectivity index (χ3v) is 3.11. The first-order chi connectivity index (χ1) is 9.69. The van der Waals surface area contributed by atoms with E-state index in [-0.39, 0.29) is 5.75 Å². The number of aromatic nitrogens is 1. The Morgan fingerprint density at radius 3 is 2.90 bits per heavy atom. The molecular formula is C16H20N2O2. The van der Waals surface area contributed by atoms with Gasteiger partial charge in [0.15, 0.2) is 0 Å². The van der Waals surface area contributed by atoms with Gasteiger partial charge in [0.2, 0.25) is 0 Å². The first-order valence-electron chi connectivity index (χ1n) is 6.68. The summed E-state index contributed by atoms with van der Waals surface area (Å²) in [6.07, 6.45) is 0.907. The second kappa shape index (κ2) is 6.91. The van der Waals surface area contributed by atoms with Gasteiger partial charge in [0.05, 0.1) is 12.8 Å². The molecule has 2 rings (SSSR count). The summed E-state index contributed by atoms with van der Waals surface area (Å²) >= 11 is 0. The summed E-state index contributed by atoms with van der Waals surface area (Å²) in [5, 5.41) is 13.0. The van der Waals surface area contributed by atoms with Crippen molar-refractivity contribution in [1.29, 1.82) is 0 Å². The molecule has 0 unspecified atom stereocenters. The molecule has 0 fully saturated rings. The molecular weight excluding hydrogens is 252 g/mol. The minimum atomic E-state index is 0.240. The normalized spacial score (nSPS) is 10.5. The highest BCUT2D eigenvalue weighted by Gasteiger charge is 2.02. The molecule has 4 heteroatoms. The van der Waals surface area contributed by atoms with E-state index in [2.05, 4.69) is 16.4 Å². The van der Waals surface area contributed by atoms with Crippen LogP contribution in [0.5, 0.6) is 11.5 Å². The number of hydrogen-bond acceptors (Lipinski definition) is 4. The highest BCUT2D eigenvalue weighted by molar-refractivity contribution is 5.29. The molecule has 1 aromatic heterocycles. The molecule has 0 radical (unpaired) electrons. The van der Waals surface area contributed by atoms with Crippen molar-refractivity contribution in [2.75, 3.05) is 13.7 Å². The monoisotopic (exact) mass is 272 g/mol. The van der Waals surface area contributed by atoms with Crippen LogP contribution in [0.2, 0.25) is 0 Å². The molecule has 0 aliphatic rings. The van der Waals surface area contributed by atoms with Gasteiger partial charge in [0.1, 0.15) is 11.5 Å². The van der Waals surface area contributed by atoms with Crippen LogP contribution in [0.1, 0.15) is 17.0 Å². The Morgan fingerprint density at radius 1 is 1.25 bits per heavy atom. The van der Waals surface area contributed by atoms with Crippen LogP contribution in [0.3, 0.4) is 0 Å². The van der Waals surface area contributed by atoms with Gasteiger partial charge in [-0.05, 0) is 49.7 Å². The predicted molar refractivity (Wildman–Crippen MR) is 79.0 cm³/mol. The first kappa shape index (κ1) is 14.3. The minimum absolute atomic E-state index is 0.240. The molecule has 0 saturated carbocycles. The molecule has 0 aliphatic carbocycles. The summed E-state index contributed by atoms with van der Waals surface area (Å²) in [4.78, 5) is 4.31. The van der Waals surface area contributed by atoms with Crippen molar-refractivity contribution < 1.29 is 9.84 Å². The lowest BCUT2D eigenvalue weighted by atomic mass is 10.1. The van der Waals surface area contributed by atoms with Crippen LogP contribution in [0.15, 0.2) is 36.4 Å². The number of nitrogens with one attached hydrogen (secondary N) is 1. The number of aryl methyl sites for hydroxylation is 1. The lowest BCUT2D eigenvalue weighted by Gasteiger charge is -2.08. The average molecular weight is 272 g/mol. The van der Waals surface area contributed by atoms with Gasteiger partial charge in [-0.25, -0.2) is 0 Å². The summed E-state index contributed by atoms with van der Waals surface area (Å²) in [5.74, 6) is 1.12. The number of nitrogens with zero attached hydrogens (tertiary/aromatic N) is 1. The fourth-order valence-corrected chi connectivity index (χ4v) is 2.00. The van der Waals surface area contributed by atoms with Gasteiger partial charge in [0, 0.05) is 12.2 Å². The molecule has 0 spiro atoms. The van der Waals surface area contributed by atoms with Crippen LogP contribution in [-0.2, 0) is 13.0 Å². The summed E-state index contributed by atoms with van der Waals surface area (Å²) < 4.78 is 5.20. The third kappa shape index (κ3) is 3.96. The molecule has 4 nitrogen and oxygen atoms in total. The second-order valence-corrected chi connectivity index (χ2v) is 4.70. The first-order valence-corrected chi connectivity index (χ1v) is 6.68. The number of pyridine rings is 1. The summed E-state index contributed by atoms with van der Waals surface area (Å²) in [6.45, 7) is 3.30. The van der Waals surface area contributed by atoms with Crippen molar-refractivity contribution in [3.8, 4) is 11.5 Å². The Bertz CT molecular complexity index is 570. The van der Waals surface area contributed by atoms with E-state index in [4.69, 9.17) is 4.74 Å². The Hall–Kier alpha value is -2.07. The van der Waals surface area contributed by atoms with E-state index in [1.54, 1.807) is 19.2 Å². The average Bonchev–Trinajstić information content (AvgIpc) is 2.47. The van der Waals surface area contributed by atoms with Gasteiger partial charge >= 0.3 is 0 Å². The maximum Gasteiger partial charge on any atom is 0.138 e. The molecule has 20 heavy (non-hydrogen) atoms. The zero-order chi connectivity index (χ0) is 14.4. The Kier molecular flexibility index (Phi) is 4.96. The molecule has 0 atom stereocenters. The Morgan fingerprint density at radius 2 is 2.10 bits per heavy atom. The van der Waals surface area contributed by atoms with Gasteiger partial charge in [-0.15, -0.1) is 0 Å². The standard InChI is InChI=1S/C16H20N2O2/c1-12-6-7-16(19)15(18-12)11-17-9-8-13-4-3-5-14(10-13)20-2/h3-7,10,17,19H,8-9,11H2,1-2H3. The second-order valence-electron chi connectivity index (χ2n) is 4.70. The maximum absolute atomic E-state index is 9.70. The van der Waals surface area contributed by atoms with Crippen LogP contribution < -0.4 is 10.1 Å². The van der Waals surface area contributed by atoms with E-state index in [0.717, 1.165) is 24.4 Å². The van der Waals surface area contributed by atoms with Gasteiger partial charge in [-0.1, -0.05) is 12.1 Å². The van der Waals surface area contributed by atoms with E-state index in [0.29, 0.717) is 12.2 Å². The zero-order valence-electron chi connectivity index (χ0n) is 11.9. The fraction of sp³-hybridized carbons (Fsp3) is 0.312. The zero-order valence-corrected chi connectivity index (χ0v) is 11.9. The largest absolute Gasteiger partial charge is 0.506 e. The minimum Gasteiger partial charge on any atom is -0.506 e. The van der Waals surface area contributed by atoms with E-state index in [1.165, 1.54) is 5.56 Å². The van der Waals surface area contributed by atoms with Crippen molar-refractivity contribution in [2.45, 2.75) is 19.9 Å². The molecule has 1 aromatic carbocycles. The van der Waals surface area contributed by atoms with Gasteiger partial charge < -0.3 is 15.2 Å². The number of benzene rings is 1. The number of methoxy groups -OCH3 is 1. The SMILES string of the molecule is COc1cccc(CCNCc2nc(C)ccc2O)c1. The molecule has 2 N–H and O–H groups in total. The Balaban J connectivity index is 1.82. The molecule has 1 heterocycles. The maximum atomic E-state index is 9.70. The number of hydrogen-bond donors (Lipinski definition) is 2. The van der Waals surface area contributed by atoms with Gasteiger partial charge in [-0.2, -0.15) is 0 Å². The number of ether oxygens (including phenoxy) is 1. The van der Waals surface area contributed by atoms with E-state index < -0.39 is 0 Å². The highest BCUT2D eigenvalue weighted by atomic mass is 16.5. The van der Waals surface area contributed by atoms with Gasteiger partial charge in [-0.3, -0.25) is 4.98 Å². The summed E-state index contributed by atoms with van der Waals surface area (Å²) in [6, 6.07) is 11.5. The molecule has 0 saturated heterocycles. The predicted octanol–water partition coefficient (Wildman–Crippen LogP) is 2.44. The topological polar surface area (TPSA) is 54.4 Å². The van der Waals surface area contributed by atoms with Gasteiger partial charge in [0.25, 0.3) is 0 Å². The molecule has 0 bridgehead atoms. The van der Waals surface area contributed by atoms with Crippen molar-refractivity contribution in [1.82, 2.24) is 10.3 Å². The van der Waals surface area contributed by atoms with Crippen LogP contribution in [0.25, 0.3) is 0 Å². The molecule has 2 aromatic rings. The van der Waals surface area contributed by atoms with E-state index >= 15 is 0 Å².